The fraction of sp³-hybridized carbons (Fsp3) is 0.143. The maximum Gasteiger partial charge on any atom is 0.417 e. The van der Waals surface area contributed by atoms with Gasteiger partial charge in [0.1, 0.15) is 10.1 Å². The van der Waals surface area contributed by atoms with Crippen LogP contribution in [0.25, 0.3) is 0 Å². The normalized spacial score (nSPS) is 11.8. The minimum Gasteiger partial charge on any atom is -0.744 e. The van der Waals surface area contributed by atoms with Gasteiger partial charge in [0.05, 0.1) is 21.4 Å². The highest BCUT2D eigenvalue weighted by Crippen LogP contribution is 2.34. The molecule has 0 saturated heterocycles. The van der Waals surface area contributed by atoms with Gasteiger partial charge in [0, 0.05) is 0 Å². The van der Waals surface area contributed by atoms with Crippen molar-refractivity contribution >= 4 is 21.0 Å². The summed E-state index contributed by atoms with van der Waals surface area (Å²) in [5.74, 6) is 0.573. The maximum atomic E-state index is 12.2. The molecule has 3 nitrogen and oxygen atoms in total. The van der Waals surface area contributed by atoms with Gasteiger partial charge in [-0.2, -0.15) is 13.2 Å². The second-order valence-corrected chi connectivity index (χ2v) is 11.5. The van der Waals surface area contributed by atoms with Crippen molar-refractivity contribution in [1.82, 2.24) is 0 Å². The molecule has 0 aliphatic carbocycles. The first-order chi connectivity index (χ1) is 17.0. The first-order valence-electron chi connectivity index (χ1n) is 11.0. The molecule has 0 N–H and O–H groups in total. The van der Waals surface area contributed by atoms with Crippen LogP contribution >= 0.6 is 0 Å². The molecule has 8 heteroatoms. The summed E-state index contributed by atoms with van der Waals surface area (Å²) in [5.41, 5.74) is -0.0385. The molecule has 0 heterocycles. The third-order valence-electron chi connectivity index (χ3n) is 5.20. The molecule has 0 atom stereocenters. The molecule has 0 fully saturated rings. The first kappa shape index (κ1) is 27.5. The largest absolute Gasteiger partial charge is 0.744 e. The highest BCUT2D eigenvalue weighted by Gasteiger charge is 2.34. The Kier molecular flexibility index (Phi) is 9.00. The predicted molar refractivity (Wildman–Crippen MR) is 135 cm³/mol. The second-order valence-electron chi connectivity index (χ2n) is 8.10. The van der Waals surface area contributed by atoms with Crippen LogP contribution in [-0.2, 0) is 27.2 Å². The summed E-state index contributed by atoms with van der Waals surface area (Å²) in [5, 5.41) is 0. The fourth-order valence-electron chi connectivity index (χ4n) is 3.43. The lowest BCUT2D eigenvalue weighted by Gasteiger charge is -2.14. The van der Waals surface area contributed by atoms with Gasteiger partial charge in [0.2, 0.25) is 0 Å². The summed E-state index contributed by atoms with van der Waals surface area (Å²) in [7, 11) is -5.12. The molecule has 4 rings (SSSR count). The van der Waals surface area contributed by atoms with Crippen LogP contribution in [0.3, 0.4) is 0 Å². The zero-order valence-corrected chi connectivity index (χ0v) is 21.3. The van der Waals surface area contributed by atoms with Crippen molar-refractivity contribution in [2.24, 2.45) is 0 Å². The molecular weight excluding hydrogens is 505 g/mol. The van der Waals surface area contributed by atoms with Gasteiger partial charge >= 0.3 is 6.18 Å². The minimum atomic E-state index is -5.09. The molecule has 188 valence electrons. The fourth-order valence-corrected chi connectivity index (χ4v) is 6.21. The third kappa shape index (κ3) is 7.22. The van der Waals surface area contributed by atoms with E-state index in [0.29, 0.717) is 18.1 Å². The van der Waals surface area contributed by atoms with Crippen LogP contribution in [0, 0.1) is 0 Å². The van der Waals surface area contributed by atoms with E-state index in [9.17, 15) is 26.1 Å². The summed E-state index contributed by atoms with van der Waals surface area (Å²) in [6, 6.07) is 33.9. The van der Waals surface area contributed by atoms with Crippen LogP contribution < -0.4 is 0 Å². The van der Waals surface area contributed by atoms with E-state index in [-0.39, 0.29) is 10.9 Å². The van der Waals surface area contributed by atoms with Crippen LogP contribution in [0.1, 0.15) is 30.9 Å². The van der Waals surface area contributed by atoms with Crippen molar-refractivity contribution in [2.45, 2.75) is 45.5 Å². The number of halogens is 3. The Bertz CT molecular complexity index is 1320. The molecule has 0 radical (unpaired) electrons. The molecule has 0 bridgehead atoms. The van der Waals surface area contributed by atoms with Gasteiger partial charge in [-0.1, -0.05) is 74.5 Å². The Morgan fingerprint density at radius 1 is 0.667 bits per heavy atom. The third-order valence-corrected chi connectivity index (χ3v) is 8.33. The molecule has 0 aromatic heterocycles. The van der Waals surface area contributed by atoms with Crippen molar-refractivity contribution < 1.29 is 26.1 Å². The summed E-state index contributed by atoms with van der Waals surface area (Å²) in [4.78, 5) is 2.87. The van der Waals surface area contributed by atoms with E-state index >= 15 is 0 Å². The summed E-state index contributed by atoms with van der Waals surface area (Å²) in [6.07, 6.45) is -4.84. The van der Waals surface area contributed by atoms with E-state index in [4.69, 9.17) is 0 Å². The minimum absolute atomic E-state index is 0.0361. The van der Waals surface area contributed by atoms with Crippen LogP contribution in [0.4, 0.5) is 13.2 Å². The Morgan fingerprint density at radius 2 is 1.08 bits per heavy atom. The lowest BCUT2D eigenvalue weighted by Crippen LogP contribution is -2.12. The molecule has 4 aromatic carbocycles. The number of hydrogen-bond acceptors (Lipinski definition) is 3. The van der Waals surface area contributed by atoms with Crippen molar-refractivity contribution in [1.29, 1.82) is 0 Å². The topological polar surface area (TPSA) is 57.2 Å². The Hall–Kier alpha value is -3.07. The molecule has 0 aliphatic heterocycles. The monoisotopic (exact) mass is 530 g/mol. The van der Waals surface area contributed by atoms with E-state index in [1.54, 1.807) is 0 Å². The number of hydrogen-bond donors (Lipinski definition) is 0. The smallest absolute Gasteiger partial charge is 0.417 e. The van der Waals surface area contributed by atoms with Gasteiger partial charge in [0.25, 0.3) is 0 Å². The molecule has 0 aliphatic rings. The SMILES string of the molecule is CC(C)c1ccc([S+](c2ccccc2)c2ccccc2)cc1.O=S(=O)([O-])c1ccccc1C(F)(F)F. The first-order valence-corrected chi connectivity index (χ1v) is 13.7. The van der Waals surface area contributed by atoms with E-state index in [1.165, 1.54) is 20.2 Å². The quantitative estimate of drug-likeness (QED) is 0.198. The number of rotatable bonds is 5. The van der Waals surface area contributed by atoms with Gasteiger partial charge in [-0.05, 0) is 60.0 Å². The van der Waals surface area contributed by atoms with Gasteiger partial charge in [-0.15, -0.1) is 0 Å². The summed E-state index contributed by atoms with van der Waals surface area (Å²) >= 11 is 0. The highest BCUT2D eigenvalue weighted by atomic mass is 32.2. The molecule has 0 spiro atoms. The van der Waals surface area contributed by atoms with Crippen molar-refractivity contribution in [3.63, 3.8) is 0 Å². The molecule has 36 heavy (non-hydrogen) atoms. The second kappa shape index (κ2) is 11.8. The predicted octanol–water partition coefficient (Wildman–Crippen LogP) is 7.51. The highest BCUT2D eigenvalue weighted by molar-refractivity contribution is 7.97. The van der Waals surface area contributed by atoms with Crippen molar-refractivity contribution in [3.8, 4) is 0 Å². The van der Waals surface area contributed by atoms with Crippen molar-refractivity contribution in [3.05, 3.63) is 120 Å². The van der Waals surface area contributed by atoms with E-state index in [1.807, 2.05) is 0 Å². The number of alkyl halides is 3. The van der Waals surface area contributed by atoms with Crippen LogP contribution in [0.5, 0.6) is 0 Å². The molecule has 4 aromatic rings. The Balaban J connectivity index is 0.000000223. The van der Waals surface area contributed by atoms with E-state index in [0.717, 1.165) is 12.1 Å². The summed E-state index contributed by atoms with van der Waals surface area (Å²) in [6.45, 7) is 4.48. The lowest BCUT2D eigenvalue weighted by atomic mass is 10.0. The van der Waals surface area contributed by atoms with E-state index < -0.39 is 26.8 Å². The average Bonchev–Trinajstić information content (AvgIpc) is 2.85. The zero-order valence-electron chi connectivity index (χ0n) is 19.6. The zero-order chi connectivity index (χ0) is 26.3. The standard InChI is InChI=1S/C21H21S.C7H5F3O3S/c1-17(2)18-13-15-21(16-14-18)22(19-9-5-3-6-10-19)20-11-7-4-8-12-20;8-7(9,10)5-3-1-2-4-6(5)14(11,12)13/h3-17H,1-2H3;1-4H,(H,11,12,13)/q+1;/p-1. The average molecular weight is 531 g/mol. The lowest BCUT2D eigenvalue weighted by molar-refractivity contribution is -0.140. The summed E-state index contributed by atoms with van der Waals surface area (Å²) < 4.78 is 67.9. The van der Waals surface area contributed by atoms with Crippen LogP contribution in [0.2, 0.25) is 0 Å². The molecular formula is C28H25F3O3S2. The van der Waals surface area contributed by atoms with Gasteiger partial charge in [-0.3, -0.25) is 0 Å². The molecule has 0 unspecified atom stereocenters. The van der Waals surface area contributed by atoms with Crippen LogP contribution in [0.15, 0.2) is 129 Å². The Labute approximate surface area is 212 Å². The molecule has 0 saturated carbocycles. The van der Waals surface area contributed by atoms with Gasteiger partial charge in [-0.25, -0.2) is 8.42 Å². The number of benzene rings is 4. The van der Waals surface area contributed by atoms with Crippen molar-refractivity contribution in [2.75, 3.05) is 0 Å². The van der Waals surface area contributed by atoms with Gasteiger partial charge < -0.3 is 4.55 Å². The maximum absolute atomic E-state index is 12.2. The molecule has 0 amide bonds. The van der Waals surface area contributed by atoms with Crippen LogP contribution in [-0.4, -0.2) is 13.0 Å². The van der Waals surface area contributed by atoms with E-state index in [2.05, 4.69) is 98.8 Å². The Morgan fingerprint density at radius 3 is 1.47 bits per heavy atom. The van der Waals surface area contributed by atoms with Gasteiger partial charge in [0.15, 0.2) is 14.7 Å².